The van der Waals surface area contributed by atoms with Gasteiger partial charge in [0.1, 0.15) is 11.3 Å². The minimum Gasteiger partial charge on any atom is -0.383 e. The van der Waals surface area contributed by atoms with Crippen molar-refractivity contribution in [1.29, 1.82) is 0 Å². The van der Waals surface area contributed by atoms with E-state index in [2.05, 4.69) is 9.71 Å². The molecule has 10 nitrogen and oxygen atoms in total. The number of alkyl halides is 1. The third-order valence-corrected chi connectivity index (χ3v) is 7.66. The first-order valence-electron chi connectivity index (χ1n) is 12.3. The van der Waals surface area contributed by atoms with E-state index >= 15 is 4.39 Å². The van der Waals surface area contributed by atoms with E-state index in [4.69, 9.17) is 25.4 Å². The van der Waals surface area contributed by atoms with Crippen LogP contribution in [0.15, 0.2) is 42.6 Å². The Bertz CT molecular complexity index is 1630. The number of fused-ring (bicyclic) bond motifs is 1. The summed E-state index contributed by atoms with van der Waals surface area (Å²) in [6.45, 7) is 3.27. The maximum absolute atomic E-state index is 15.5. The van der Waals surface area contributed by atoms with Gasteiger partial charge < -0.3 is 15.4 Å². The van der Waals surface area contributed by atoms with Crippen molar-refractivity contribution in [3.63, 3.8) is 0 Å². The van der Waals surface area contributed by atoms with Gasteiger partial charge >= 0.3 is 0 Å². The van der Waals surface area contributed by atoms with Crippen LogP contribution in [0.5, 0.6) is 0 Å². The van der Waals surface area contributed by atoms with Crippen molar-refractivity contribution in [1.82, 2.24) is 19.9 Å². The summed E-state index contributed by atoms with van der Waals surface area (Å²) >= 11 is 0. The fraction of sp³-hybridized carbons (Fsp3) is 0.308. The van der Waals surface area contributed by atoms with Crippen molar-refractivity contribution in [2.45, 2.75) is 13.3 Å². The molecular weight excluding hydrogens is 528 g/mol. The van der Waals surface area contributed by atoms with E-state index in [1.54, 1.807) is 18.3 Å². The van der Waals surface area contributed by atoms with Gasteiger partial charge in [0.15, 0.2) is 17.5 Å². The largest absolute Gasteiger partial charge is 0.383 e. The lowest BCUT2D eigenvalue weighted by molar-refractivity contribution is 0.122. The summed E-state index contributed by atoms with van der Waals surface area (Å²) in [6, 6.07) is 9.55. The highest BCUT2D eigenvalue weighted by molar-refractivity contribution is 7.92. The van der Waals surface area contributed by atoms with Crippen molar-refractivity contribution < 1.29 is 21.9 Å². The van der Waals surface area contributed by atoms with E-state index < -0.39 is 28.3 Å². The number of anilines is 3. The number of nitrogens with zero attached hydrogens (tertiary/aromatic N) is 5. The van der Waals surface area contributed by atoms with Crippen LogP contribution in [-0.2, 0) is 14.8 Å². The second-order valence-corrected chi connectivity index (χ2v) is 10.9. The van der Waals surface area contributed by atoms with Gasteiger partial charge in [-0.2, -0.15) is 0 Å². The van der Waals surface area contributed by atoms with Gasteiger partial charge in [0.25, 0.3) is 0 Å². The summed E-state index contributed by atoms with van der Waals surface area (Å²) < 4.78 is 60.2. The zero-order chi connectivity index (χ0) is 27.6. The molecule has 1 aliphatic heterocycles. The van der Waals surface area contributed by atoms with Crippen LogP contribution in [0, 0.1) is 12.7 Å². The summed E-state index contributed by atoms with van der Waals surface area (Å²) in [7, 11) is -3.91. The number of nitrogens with two attached hydrogens (primary N) is 1. The molecule has 0 unspecified atom stereocenters. The number of benzene rings is 1. The summed E-state index contributed by atoms with van der Waals surface area (Å²) in [5.74, 6) is 0.200. The highest BCUT2D eigenvalue weighted by Crippen LogP contribution is 2.32. The lowest BCUT2D eigenvalue weighted by Gasteiger charge is -2.28. The van der Waals surface area contributed by atoms with Crippen LogP contribution in [0.3, 0.4) is 0 Å². The Labute approximate surface area is 224 Å². The normalized spacial score (nSPS) is 14.1. The summed E-state index contributed by atoms with van der Waals surface area (Å²) in [4.78, 5) is 20.5. The number of aryl methyl sites for hydroxylation is 1. The smallest absolute Gasteiger partial charge is 0.232 e. The number of nitrogens with one attached hydrogen (secondary N) is 1. The number of ether oxygens (including phenoxy) is 1. The van der Waals surface area contributed by atoms with Crippen molar-refractivity contribution in [2.75, 3.05) is 54.1 Å². The predicted molar refractivity (Wildman–Crippen MR) is 146 cm³/mol. The predicted octanol–water partition coefficient (Wildman–Crippen LogP) is 3.72. The Balaban J connectivity index is 1.60. The third-order valence-electron chi connectivity index (χ3n) is 6.30. The van der Waals surface area contributed by atoms with Crippen LogP contribution in [0.2, 0.25) is 0 Å². The molecule has 204 valence electrons. The van der Waals surface area contributed by atoms with E-state index in [0.29, 0.717) is 60.4 Å². The van der Waals surface area contributed by atoms with Gasteiger partial charge in [0.2, 0.25) is 10.0 Å². The van der Waals surface area contributed by atoms with Crippen molar-refractivity contribution in [3.05, 3.63) is 54.0 Å². The molecular formula is C26H27F2N7O3S. The number of halogens is 2. The molecule has 0 spiro atoms. The molecule has 1 saturated heterocycles. The molecule has 0 bridgehead atoms. The molecule has 0 saturated carbocycles. The number of nitrogen functional groups attached to an aromatic ring is 1. The van der Waals surface area contributed by atoms with Gasteiger partial charge in [0.05, 0.1) is 42.5 Å². The quantitative estimate of drug-likeness (QED) is 0.333. The number of morpholine rings is 1. The molecule has 1 aliphatic rings. The zero-order valence-electron chi connectivity index (χ0n) is 21.2. The van der Waals surface area contributed by atoms with Crippen LogP contribution in [0.25, 0.3) is 33.7 Å². The Hall–Kier alpha value is -3.97. The lowest BCUT2D eigenvalue weighted by atomic mass is 10.1. The number of rotatable bonds is 8. The number of pyridine rings is 2. The topological polar surface area (TPSA) is 136 Å². The monoisotopic (exact) mass is 555 g/mol. The lowest BCUT2D eigenvalue weighted by Crippen LogP contribution is -2.37. The van der Waals surface area contributed by atoms with Gasteiger partial charge in [-0.3, -0.25) is 9.11 Å². The molecule has 1 aromatic carbocycles. The Morgan fingerprint density at radius 3 is 2.67 bits per heavy atom. The molecule has 0 amide bonds. The average molecular weight is 556 g/mol. The molecule has 3 N–H and O–H groups in total. The molecule has 0 aliphatic carbocycles. The van der Waals surface area contributed by atoms with Crippen LogP contribution in [0.4, 0.5) is 26.1 Å². The minimum absolute atomic E-state index is 0.0953. The second kappa shape index (κ2) is 11.0. The fourth-order valence-electron chi connectivity index (χ4n) is 4.25. The van der Waals surface area contributed by atoms with Gasteiger partial charge in [0, 0.05) is 30.4 Å². The molecule has 13 heteroatoms. The SMILES string of the molecule is Cc1cc(-c2nc(N3CCOCC3)c3nc(-c4cccc(NS(=O)(=O)CCCF)c4F)ccc3n2)cnc1N. The highest BCUT2D eigenvalue weighted by Gasteiger charge is 2.22. The highest BCUT2D eigenvalue weighted by atomic mass is 32.2. The second-order valence-electron chi connectivity index (χ2n) is 9.09. The maximum Gasteiger partial charge on any atom is 0.232 e. The summed E-state index contributed by atoms with van der Waals surface area (Å²) in [5, 5.41) is 0. The van der Waals surface area contributed by atoms with E-state index in [0.717, 1.165) is 5.56 Å². The Morgan fingerprint density at radius 2 is 1.92 bits per heavy atom. The van der Waals surface area contributed by atoms with Crippen LogP contribution >= 0.6 is 0 Å². The third kappa shape index (κ3) is 5.73. The average Bonchev–Trinajstić information content (AvgIpc) is 2.94. The Kier molecular flexibility index (Phi) is 7.53. The van der Waals surface area contributed by atoms with Crippen molar-refractivity contribution in [2.24, 2.45) is 0 Å². The summed E-state index contributed by atoms with van der Waals surface area (Å²) in [5.41, 5.74) is 8.53. The first-order valence-corrected chi connectivity index (χ1v) is 14.0. The van der Waals surface area contributed by atoms with Gasteiger partial charge in [-0.15, -0.1) is 0 Å². The number of sulfonamides is 1. The van der Waals surface area contributed by atoms with Gasteiger partial charge in [-0.05, 0) is 49.2 Å². The van der Waals surface area contributed by atoms with Crippen LogP contribution in [-0.4, -0.2) is 67.1 Å². The van der Waals surface area contributed by atoms with Crippen molar-refractivity contribution >= 4 is 38.4 Å². The first kappa shape index (κ1) is 26.6. The minimum atomic E-state index is -3.91. The first-order chi connectivity index (χ1) is 18.8. The van der Waals surface area contributed by atoms with Gasteiger partial charge in [-0.25, -0.2) is 32.7 Å². The molecule has 5 rings (SSSR count). The molecule has 0 atom stereocenters. The molecule has 0 radical (unpaired) electrons. The standard InChI is InChI=1S/C26H27F2N7O3S/c1-16-14-17(15-30-24(16)29)25-32-21-7-6-19(31-23(21)26(33-25)35-9-11-38-12-10-35)18-4-2-5-20(22(18)28)34-39(36,37)13-3-8-27/h2,4-7,14-15,34H,3,8-13H2,1H3,(H2,29,30). The number of hydrogen-bond acceptors (Lipinski definition) is 9. The van der Waals surface area contributed by atoms with E-state index in [1.807, 2.05) is 17.9 Å². The van der Waals surface area contributed by atoms with Crippen molar-refractivity contribution in [3.8, 4) is 22.6 Å². The fourth-order valence-corrected chi connectivity index (χ4v) is 5.34. The van der Waals surface area contributed by atoms with Gasteiger partial charge in [-0.1, -0.05) is 6.07 Å². The zero-order valence-corrected chi connectivity index (χ0v) is 22.0. The molecule has 1 fully saturated rings. The van der Waals surface area contributed by atoms with Crippen LogP contribution < -0.4 is 15.4 Å². The number of hydrogen-bond donors (Lipinski definition) is 2. The maximum atomic E-state index is 15.5. The van der Waals surface area contributed by atoms with E-state index in [-0.39, 0.29) is 23.4 Å². The number of aromatic nitrogens is 4. The molecule has 39 heavy (non-hydrogen) atoms. The molecule has 3 aromatic heterocycles. The summed E-state index contributed by atoms with van der Waals surface area (Å²) in [6.07, 6.45) is 1.44. The Morgan fingerprint density at radius 1 is 1.13 bits per heavy atom. The van der Waals surface area contributed by atoms with E-state index in [9.17, 15) is 12.8 Å². The van der Waals surface area contributed by atoms with Crippen LogP contribution in [0.1, 0.15) is 12.0 Å². The molecule has 4 heterocycles. The van der Waals surface area contributed by atoms with E-state index in [1.165, 1.54) is 18.2 Å². The molecule has 4 aromatic rings.